The second-order valence-electron chi connectivity index (χ2n) is 4.56. The van der Waals surface area contributed by atoms with E-state index in [1.165, 1.54) is 6.07 Å². The van der Waals surface area contributed by atoms with Crippen LogP contribution in [-0.2, 0) is 6.42 Å². The fraction of sp³-hybridized carbons (Fsp3) is 0.429. The average Bonchev–Trinajstić information content (AvgIpc) is 2.31. The van der Waals surface area contributed by atoms with Gasteiger partial charge in [0.05, 0.1) is 5.02 Å². The molecule has 0 spiro atoms. The summed E-state index contributed by atoms with van der Waals surface area (Å²) in [6.07, 6.45) is 2.73. The third-order valence-corrected chi connectivity index (χ3v) is 3.15. The van der Waals surface area contributed by atoms with Gasteiger partial charge < -0.3 is 5.32 Å². The molecule has 1 N–H and O–H groups in total. The van der Waals surface area contributed by atoms with Crippen molar-refractivity contribution in [2.75, 3.05) is 13.1 Å². The van der Waals surface area contributed by atoms with Crippen LogP contribution in [-0.4, -0.2) is 13.1 Å². The molecular weight excluding hydrogens is 237 g/mol. The summed E-state index contributed by atoms with van der Waals surface area (Å²) < 4.78 is 13.1. The highest BCUT2D eigenvalue weighted by molar-refractivity contribution is 6.30. The van der Waals surface area contributed by atoms with Gasteiger partial charge in [0.1, 0.15) is 5.82 Å². The second-order valence-corrected chi connectivity index (χ2v) is 4.97. The van der Waals surface area contributed by atoms with E-state index in [-0.39, 0.29) is 16.3 Å². The molecule has 1 unspecified atom stereocenters. The second kappa shape index (κ2) is 6.18. The maximum atomic E-state index is 13.1. The van der Waals surface area contributed by atoms with Crippen LogP contribution in [0.5, 0.6) is 0 Å². The van der Waals surface area contributed by atoms with Crippen LogP contribution in [0.2, 0.25) is 5.02 Å². The lowest BCUT2D eigenvalue weighted by molar-refractivity contribution is 0.395. The molecule has 94 valence electrons. The third kappa shape index (κ3) is 4.14. The number of benzene rings is 1. The first-order valence-electron chi connectivity index (χ1n) is 5.79. The van der Waals surface area contributed by atoms with Crippen LogP contribution in [0.1, 0.15) is 19.4 Å². The van der Waals surface area contributed by atoms with Crippen molar-refractivity contribution in [2.24, 2.45) is 5.41 Å². The molecule has 0 radical (unpaired) electrons. The van der Waals surface area contributed by atoms with Crippen LogP contribution in [0, 0.1) is 11.2 Å². The summed E-state index contributed by atoms with van der Waals surface area (Å²) in [5.74, 6) is -0.373. The highest BCUT2D eigenvalue weighted by Gasteiger charge is 2.20. The van der Waals surface area contributed by atoms with Crippen molar-refractivity contribution in [2.45, 2.75) is 20.3 Å². The highest BCUT2D eigenvalue weighted by Crippen LogP contribution is 2.25. The Kier molecular flexibility index (Phi) is 5.16. The zero-order chi connectivity index (χ0) is 12.9. The molecule has 0 aliphatic heterocycles. The van der Waals surface area contributed by atoms with Crippen molar-refractivity contribution in [1.82, 2.24) is 5.32 Å². The lowest BCUT2D eigenvalue weighted by Gasteiger charge is -2.26. The van der Waals surface area contributed by atoms with Crippen LogP contribution < -0.4 is 5.32 Å². The quantitative estimate of drug-likeness (QED) is 0.762. The minimum atomic E-state index is -0.373. The maximum Gasteiger partial charge on any atom is 0.141 e. The lowest BCUT2D eigenvalue weighted by Crippen LogP contribution is -2.31. The fourth-order valence-electron chi connectivity index (χ4n) is 1.73. The Morgan fingerprint density at radius 2 is 2.24 bits per heavy atom. The maximum absolute atomic E-state index is 13.1. The molecular formula is C14H19ClFN. The smallest absolute Gasteiger partial charge is 0.141 e. The number of rotatable bonds is 6. The monoisotopic (exact) mass is 255 g/mol. The number of halogens is 2. The zero-order valence-electron chi connectivity index (χ0n) is 10.4. The summed E-state index contributed by atoms with van der Waals surface area (Å²) >= 11 is 5.77. The average molecular weight is 256 g/mol. The van der Waals surface area contributed by atoms with E-state index in [9.17, 15) is 4.39 Å². The molecule has 0 heterocycles. The van der Waals surface area contributed by atoms with E-state index in [0.29, 0.717) is 0 Å². The molecule has 0 aliphatic rings. The summed E-state index contributed by atoms with van der Waals surface area (Å²) in [4.78, 5) is 0. The summed E-state index contributed by atoms with van der Waals surface area (Å²) in [5, 5.41) is 3.49. The Labute approximate surface area is 108 Å². The van der Waals surface area contributed by atoms with Crippen LogP contribution in [0.3, 0.4) is 0 Å². The molecule has 0 amide bonds. The van der Waals surface area contributed by atoms with Gasteiger partial charge in [0.2, 0.25) is 0 Å². The van der Waals surface area contributed by atoms with Gasteiger partial charge >= 0.3 is 0 Å². The molecule has 0 bridgehead atoms. The lowest BCUT2D eigenvalue weighted by atomic mass is 9.83. The molecule has 0 aliphatic carbocycles. The highest BCUT2D eigenvalue weighted by atomic mass is 35.5. The van der Waals surface area contributed by atoms with Gasteiger partial charge in [-0.1, -0.05) is 37.6 Å². The van der Waals surface area contributed by atoms with Gasteiger partial charge in [-0.25, -0.2) is 4.39 Å². The third-order valence-electron chi connectivity index (χ3n) is 2.86. The van der Waals surface area contributed by atoms with Gasteiger partial charge in [-0.05, 0) is 30.7 Å². The first-order valence-corrected chi connectivity index (χ1v) is 6.17. The zero-order valence-corrected chi connectivity index (χ0v) is 11.1. The van der Waals surface area contributed by atoms with Gasteiger partial charge in [-0.3, -0.25) is 0 Å². The van der Waals surface area contributed by atoms with Crippen molar-refractivity contribution in [3.63, 3.8) is 0 Å². The molecule has 0 saturated heterocycles. The predicted molar refractivity (Wildman–Crippen MR) is 72.0 cm³/mol. The molecule has 1 nitrogen and oxygen atoms in total. The first kappa shape index (κ1) is 14.2. The summed E-state index contributed by atoms with van der Waals surface area (Å²) in [7, 11) is 0. The number of hydrogen-bond acceptors (Lipinski definition) is 1. The Bertz CT molecular complexity index is 392. The fourth-order valence-corrected chi connectivity index (χ4v) is 1.94. The van der Waals surface area contributed by atoms with Gasteiger partial charge in [0, 0.05) is 12.0 Å². The van der Waals surface area contributed by atoms with Gasteiger partial charge in [-0.2, -0.15) is 0 Å². The molecule has 0 aromatic heterocycles. The summed E-state index contributed by atoms with van der Waals surface area (Å²) in [6.45, 7) is 9.84. The summed E-state index contributed by atoms with van der Waals surface area (Å²) in [6, 6.07) is 4.87. The van der Waals surface area contributed by atoms with E-state index in [0.717, 1.165) is 25.1 Å². The SMILES string of the molecule is C=CC(C)(CNCC)Cc1ccc(F)c(Cl)c1. The van der Waals surface area contributed by atoms with Crippen molar-refractivity contribution >= 4 is 11.6 Å². The van der Waals surface area contributed by atoms with Gasteiger partial charge in [0.25, 0.3) is 0 Å². The first-order chi connectivity index (χ1) is 8.00. The topological polar surface area (TPSA) is 12.0 Å². The molecule has 1 aromatic rings. The van der Waals surface area contributed by atoms with Crippen molar-refractivity contribution in [3.05, 3.63) is 47.3 Å². The number of hydrogen-bond donors (Lipinski definition) is 1. The Balaban J connectivity index is 2.79. The van der Waals surface area contributed by atoms with E-state index in [1.807, 2.05) is 6.08 Å². The Morgan fingerprint density at radius 3 is 2.76 bits per heavy atom. The van der Waals surface area contributed by atoms with E-state index in [4.69, 9.17) is 11.6 Å². The molecule has 3 heteroatoms. The van der Waals surface area contributed by atoms with Crippen LogP contribution in [0.15, 0.2) is 30.9 Å². The predicted octanol–water partition coefficient (Wildman–Crippen LogP) is 3.82. The van der Waals surface area contributed by atoms with Crippen molar-refractivity contribution in [1.29, 1.82) is 0 Å². The molecule has 0 saturated carbocycles. The normalized spacial score (nSPS) is 14.4. The van der Waals surface area contributed by atoms with Crippen LogP contribution >= 0.6 is 11.6 Å². The van der Waals surface area contributed by atoms with Gasteiger partial charge in [0.15, 0.2) is 0 Å². The molecule has 1 rings (SSSR count). The van der Waals surface area contributed by atoms with E-state index in [2.05, 4.69) is 25.7 Å². The Morgan fingerprint density at radius 1 is 1.53 bits per heavy atom. The minimum absolute atomic E-state index is 0.0445. The van der Waals surface area contributed by atoms with Crippen molar-refractivity contribution in [3.8, 4) is 0 Å². The molecule has 1 aromatic carbocycles. The van der Waals surface area contributed by atoms with Crippen molar-refractivity contribution < 1.29 is 4.39 Å². The summed E-state index contributed by atoms with van der Waals surface area (Å²) in [5.41, 5.74) is 0.980. The largest absolute Gasteiger partial charge is 0.316 e. The molecule has 17 heavy (non-hydrogen) atoms. The van der Waals surface area contributed by atoms with E-state index < -0.39 is 0 Å². The van der Waals surface area contributed by atoms with Crippen LogP contribution in [0.25, 0.3) is 0 Å². The Hall–Kier alpha value is -0.860. The van der Waals surface area contributed by atoms with Gasteiger partial charge in [-0.15, -0.1) is 6.58 Å². The molecule has 0 fully saturated rings. The standard InChI is InChI=1S/C14H19ClFN/c1-4-14(3,10-17-5-2)9-11-6-7-13(16)12(15)8-11/h4,6-8,17H,1,5,9-10H2,2-3H3. The molecule has 1 atom stereocenters. The minimum Gasteiger partial charge on any atom is -0.316 e. The number of nitrogens with one attached hydrogen (secondary N) is 1. The van der Waals surface area contributed by atoms with E-state index >= 15 is 0 Å². The van der Waals surface area contributed by atoms with Crippen LogP contribution in [0.4, 0.5) is 4.39 Å². The van der Waals surface area contributed by atoms with E-state index in [1.54, 1.807) is 12.1 Å².